The van der Waals surface area contributed by atoms with Gasteiger partial charge in [0.15, 0.2) is 0 Å². The maximum Gasteiger partial charge on any atom is 0.244 e. The molecule has 0 spiro atoms. The van der Waals surface area contributed by atoms with Crippen molar-refractivity contribution < 1.29 is 9.18 Å². The number of halogens is 1. The van der Waals surface area contributed by atoms with Gasteiger partial charge in [-0.3, -0.25) is 4.79 Å². The summed E-state index contributed by atoms with van der Waals surface area (Å²) in [6.07, 6.45) is 5.12. The topological polar surface area (TPSA) is 54.0 Å². The maximum absolute atomic E-state index is 12.9. The van der Waals surface area contributed by atoms with Gasteiger partial charge in [-0.05, 0) is 55.2 Å². The highest BCUT2D eigenvalue weighted by Crippen LogP contribution is 2.13. The summed E-state index contributed by atoms with van der Waals surface area (Å²) in [5, 5.41) is 6.09. The van der Waals surface area contributed by atoms with Crippen LogP contribution in [0.15, 0.2) is 54.7 Å². The first-order chi connectivity index (χ1) is 11.6. The standard InChI is InChI=1S/C19H22FN3O/c1-15(16-7-9-17(20)10-8-16)14-19(24)23-13-5-4-12-22-18-6-2-3-11-21-18/h2-3,6-11,14H,4-5,12-13H2,1H3,(H,21,22)(H,23,24). The van der Waals surface area contributed by atoms with E-state index in [1.54, 1.807) is 24.4 Å². The Hall–Kier alpha value is -2.69. The molecular formula is C19H22FN3O. The third-order valence-electron chi connectivity index (χ3n) is 3.52. The molecule has 0 aliphatic heterocycles. The van der Waals surface area contributed by atoms with Crippen molar-refractivity contribution in [2.75, 3.05) is 18.4 Å². The number of carbonyl (C=O) groups is 1. The molecule has 1 aromatic carbocycles. The van der Waals surface area contributed by atoms with E-state index in [-0.39, 0.29) is 11.7 Å². The zero-order valence-corrected chi connectivity index (χ0v) is 13.8. The van der Waals surface area contributed by atoms with Gasteiger partial charge in [0.05, 0.1) is 0 Å². The minimum Gasteiger partial charge on any atom is -0.370 e. The quantitative estimate of drug-likeness (QED) is 0.575. The van der Waals surface area contributed by atoms with Crippen LogP contribution in [0.1, 0.15) is 25.3 Å². The van der Waals surface area contributed by atoms with Crippen LogP contribution in [0.2, 0.25) is 0 Å². The number of nitrogens with one attached hydrogen (secondary N) is 2. The summed E-state index contributed by atoms with van der Waals surface area (Å²) in [5.41, 5.74) is 1.65. The molecule has 24 heavy (non-hydrogen) atoms. The van der Waals surface area contributed by atoms with Crippen LogP contribution < -0.4 is 10.6 Å². The van der Waals surface area contributed by atoms with E-state index in [2.05, 4.69) is 15.6 Å². The molecule has 2 aromatic rings. The average Bonchev–Trinajstić information content (AvgIpc) is 2.59. The van der Waals surface area contributed by atoms with Gasteiger partial charge >= 0.3 is 0 Å². The molecule has 0 saturated heterocycles. The van der Waals surface area contributed by atoms with Gasteiger partial charge in [0.1, 0.15) is 11.6 Å². The van der Waals surface area contributed by atoms with E-state index in [9.17, 15) is 9.18 Å². The van der Waals surface area contributed by atoms with E-state index in [1.807, 2.05) is 25.1 Å². The van der Waals surface area contributed by atoms with Crippen LogP contribution in [-0.2, 0) is 4.79 Å². The van der Waals surface area contributed by atoms with Gasteiger partial charge in [-0.2, -0.15) is 0 Å². The zero-order valence-electron chi connectivity index (χ0n) is 13.8. The molecule has 0 unspecified atom stereocenters. The van der Waals surface area contributed by atoms with Crippen molar-refractivity contribution in [3.8, 4) is 0 Å². The Morgan fingerprint density at radius 1 is 1.12 bits per heavy atom. The molecule has 0 fully saturated rings. The number of benzene rings is 1. The predicted octanol–water partition coefficient (Wildman–Crippen LogP) is 3.63. The van der Waals surface area contributed by atoms with Crippen molar-refractivity contribution in [3.05, 3.63) is 66.1 Å². The van der Waals surface area contributed by atoms with Gasteiger partial charge in [0.2, 0.25) is 5.91 Å². The molecule has 2 rings (SSSR count). The summed E-state index contributed by atoms with van der Waals surface area (Å²) in [7, 11) is 0. The Kier molecular flexibility index (Phi) is 6.95. The van der Waals surface area contributed by atoms with Gasteiger partial charge < -0.3 is 10.6 Å². The summed E-state index contributed by atoms with van der Waals surface area (Å²) in [4.78, 5) is 16.0. The Balaban J connectivity index is 1.64. The summed E-state index contributed by atoms with van der Waals surface area (Å²) < 4.78 is 12.9. The smallest absolute Gasteiger partial charge is 0.244 e. The maximum atomic E-state index is 12.9. The number of aromatic nitrogens is 1. The lowest BCUT2D eigenvalue weighted by Crippen LogP contribution is -2.23. The van der Waals surface area contributed by atoms with Crippen LogP contribution in [0.3, 0.4) is 0 Å². The van der Waals surface area contributed by atoms with Crippen LogP contribution in [0.4, 0.5) is 10.2 Å². The minimum atomic E-state index is -0.282. The molecule has 2 N–H and O–H groups in total. The highest BCUT2D eigenvalue weighted by atomic mass is 19.1. The lowest BCUT2D eigenvalue weighted by molar-refractivity contribution is -0.116. The number of anilines is 1. The summed E-state index contributed by atoms with van der Waals surface area (Å²) in [6.45, 7) is 3.27. The fourth-order valence-corrected chi connectivity index (χ4v) is 2.19. The van der Waals surface area contributed by atoms with Crippen LogP contribution in [0.5, 0.6) is 0 Å². The van der Waals surface area contributed by atoms with E-state index in [4.69, 9.17) is 0 Å². The first-order valence-electron chi connectivity index (χ1n) is 8.02. The minimum absolute atomic E-state index is 0.130. The summed E-state index contributed by atoms with van der Waals surface area (Å²) >= 11 is 0. The number of pyridine rings is 1. The molecule has 0 aliphatic carbocycles. The Morgan fingerprint density at radius 2 is 1.88 bits per heavy atom. The van der Waals surface area contributed by atoms with Gasteiger partial charge in [-0.25, -0.2) is 9.37 Å². The number of carbonyl (C=O) groups excluding carboxylic acids is 1. The van der Waals surface area contributed by atoms with Gasteiger partial charge in [0, 0.05) is 25.4 Å². The zero-order chi connectivity index (χ0) is 17.2. The summed E-state index contributed by atoms with van der Waals surface area (Å²) in [5.74, 6) is 0.448. The van der Waals surface area contributed by atoms with Crippen molar-refractivity contribution in [2.24, 2.45) is 0 Å². The Morgan fingerprint density at radius 3 is 2.58 bits per heavy atom. The first-order valence-corrected chi connectivity index (χ1v) is 8.02. The van der Waals surface area contributed by atoms with E-state index < -0.39 is 0 Å². The second kappa shape index (κ2) is 9.45. The number of amides is 1. The lowest BCUT2D eigenvalue weighted by Gasteiger charge is -2.06. The Bertz CT molecular complexity index is 669. The number of hydrogen-bond acceptors (Lipinski definition) is 3. The van der Waals surface area contributed by atoms with Crippen LogP contribution in [-0.4, -0.2) is 24.0 Å². The lowest BCUT2D eigenvalue weighted by atomic mass is 10.1. The van der Waals surface area contributed by atoms with E-state index >= 15 is 0 Å². The number of nitrogens with zero attached hydrogens (tertiary/aromatic N) is 1. The van der Waals surface area contributed by atoms with Gasteiger partial charge in [-0.15, -0.1) is 0 Å². The second-order valence-corrected chi connectivity index (χ2v) is 5.47. The van der Waals surface area contributed by atoms with Crippen molar-refractivity contribution in [2.45, 2.75) is 19.8 Å². The first kappa shape index (κ1) is 17.7. The normalized spacial score (nSPS) is 11.2. The third kappa shape index (κ3) is 6.20. The average molecular weight is 327 g/mol. The molecule has 1 amide bonds. The van der Waals surface area contributed by atoms with Crippen molar-refractivity contribution >= 4 is 17.3 Å². The van der Waals surface area contributed by atoms with Crippen molar-refractivity contribution in [1.82, 2.24) is 10.3 Å². The van der Waals surface area contributed by atoms with E-state index in [0.29, 0.717) is 6.54 Å². The van der Waals surface area contributed by atoms with E-state index in [0.717, 1.165) is 36.3 Å². The van der Waals surface area contributed by atoms with Crippen LogP contribution in [0, 0.1) is 5.82 Å². The fraction of sp³-hybridized carbons (Fsp3) is 0.263. The molecule has 0 atom stereocenters. The van der Waals surface area contributed by atoms with Crippen molar-refractivity contribution in [1.29, 1.82) is 0 Å². The molecule has 0 saturated carbocycles. The molecule has 1 heterocycles. The Labute approximate surface area is 141 Å². The van der Waals surface area contributed by atoms with Crippen LogP contribution >= 0.6 is 0 Å². The molecule has 126 valence electrons. The second-order valence-electron chi connectivity index (χ2n) is 5.47. The third-order valence-corrected chi connectivity index (χ3v) is 3.52. The molecule has 0 radical (unpaired) electrons. The number of hydrogen-bond donors (Lipinski definition) is 2. The monoisotopic (exact) mass is 327 g/mol. The van der Waals surface area contributed by atoms with Gasteiger partial charge in [0.25, 0.3) is 0 Å². The number of rotatable bonds is 8. The molecule has 4 nitrogen and oxygen atoms in total. The highest BCUT2D eigenvalue weighted by Gasteiger charge is 2.01. The molecule has 5 heteroatoms. The summed E-state index contributed by atoms with van der Waals surface area (Å²) in [6, 6.07) is 11.8. The highest BCUT2D eigenvalue weighted by molar-refractivity contribution is 5.94. The number of unbranched alkanes of at least 4 members (excludes halogenated alkanes) is 1. The molecule has 0 bridgehead atoms. The number of allylic oxidation sites excluding steroid dienone is 1. The van der Waals surface area contributed by atoms with Crippen molar-refractivity contribution in [3.63, 3.8) is 0 Å². The SMILES string of the molecule is CC(=CC(=O)NCCCCNc1ccccn1)c1ccc(F)cc1. The largest absolute Gasteiger partial charge is 0.370 e. The predicted molar refractivity (Wildman–Crippen MR) is 95.0 cm³/mol. The van der Waals surface area contributed by atoms with Gasteiger partial charge in [-0.1, -0.05) is 18.2 Å². The van der Waals surface area contributed by atoms with E-state index in [1.165, 1.54) is 12.1 Å². The molecular weight excluding hydrogens is 305 g/mol. The molecule has 1 aromatic heterocycles. The molecule has 0 aliphatic rings. The fourth-order valence-electron chi connectivity index (χ4n) is 2.19. The van der Waals surface area contributed by atoms with Crippen LogP contribution in [0.25, 0.3) is 5.57 Å².